The van der Waals surface area contributed by atoms with Crippen LogP contribution in [0.2, 0.25) is 0 Å². The first-order valence-electron chi connectivity index (χ1n) is 12.3. The van der Waals surface area contributed by atoms with Crippen LogP contribution in [0.3, 0.4) is 0 Å². The average molecular weight is 809 g/mol. The van der Waals surface area contributed by atoms with E-state index >= 15 is 0 Å². The van der Waals surface area contributed by atoms with Crippen LogP contribution in [-0.4, -0.2) is 69.9 Å². The number of thiophene rings is 1. The minimum absolute atomic E-state index is 0. The quantitative estimate of drug-likeness (QED) is 0.286. The first-order valence-corrected chi connectivity index (χ1v) is 14.1. The van der Waals surface area contributed by atoms with E-state index in [2.05, 4.69) is 32.5 Å². The Balaban J connectivity index is 0.00000370. The monoisotopic (exact) mass is 808 g/mol. The Kier molecular flexibility index (Phi) is 10.1. The molecule has 1 radical (unpaired) electrons. The number of thioether (sulfide) groups is 1. The summed E-state index contributed by atoms with van der Waals surface area (Å²) >= 11 is 2.47. The molecule has 3 aromatic rings. The van der Waals surface area contributed by atoms with Gasteiger partial charge in [0.2, 0.25) is 5.95 Å². The van der Waals surface area contributed by atoms with Crippen molar-refractivity contribution < 1.29 is 55.0 Å². The van der Waals surface area contributed by atoms with E-state index in [1.54, 1.807) is 23.1 Å². The first kappa shape index (κ1) is 31.1. The molecule has 1 atom stereocenters. The van der Waals surface area contributed by atoms with Gasteiger partial charge in [-0.15, -0.1) is 23.1 Å². The molecule has 3 N–H and O–H groups in total. The number of carbonyl (C=O) groups excluding carboxylic acids is 1. The number of hydrogen-bond donors (Lipinski definition) is 2. The van der Waals surface area contributed by atoms with E-state index in [1.165, 1.54) is 11.8 Å². The SMILES string of the molecule is [CH2-]C([NH-])CNc1ccc(Nc2ncc(C(F)(F)F)c(-c3cc4c(s3)C(=O)N(C3COC3)CCS4)n2)c(CC)n1.[Pa]. The van der Waals surface area contributed by atoms with E-state index < -0.39 is 17.8 Å². The summed E-state index contributed by atoms with van der Waals surface area (Å²) in [6.45, 7) is 7.34. The van der Waals surface area contributed by atoms with Gasteiger partial charge in [-0.05, 0) is 31.2 Å². The summed E-state index contributed by atoms with van der Waals surface area (Å²) in [6.07, 6.45) is -3.38. The van der Waals surface area contributed by atoms with Crippen LogP contribution >= 0.6 is 23.1 Å². The fourth-order valence-electron chi connectivity index (χ4n) is 4.15. The van der Waals surface area contributed by atoms with Gasteiger partial charge in [0.05, 0.1) is 41.2 Å². The molecule has 3 aromatic heterocycles. The maximum absolute atomic E-state index is 14.0. The Labute approximate surface area is 262 Å². The van der Waals surface area contributed by atoms with E-state index in [0.29, 0.717) is 65.4 Å². The maximum atomic E-state index is 14.0. The Morgan fingerprint density at radius 3 is 2.73 bits per heavy atom. The van der Waals surface area contributed by atoms with Gasteiger partial charge >= 0.3 is 6.18 Å². The van der Waals surface area contributed by atoms with Crippen molar-refractivity contribution in [3.63, 3.8) is 0 Å². The smallest absolute Gasteiger partial charge is 0.420 e. The molecule has 1 amide bonds. The van der Waals surface area contributed by atoms with E-state index in [9.17, 15) is 18.0 Å². The largest absolute Gasteiger partial charge is 0.700 e. The summed E-state index contributed by atoms with van der Waals surface area (Å²) in [6, 6.07) is 4.49. The second-order valence-corrected chi connectivity index (χ2v) is 11.2. The van der Waals surface area contributed by atoms with Crippen molar-refractivity contribution in [1.82, 2.24) is 19.9 Å². The first-order chi connectivity index (χ1) is 18.6. The summed E-state index contributed by atoms with van der Waals surface area (Å²) in [5.41, 5.74) is 7.48. The molecule has 1 saturated heterocycles. The van der Waals surface area contributed by atoms with Crippen molar-refractivity contribution >= 4 is 46.5 Å². The minimum Gasteiger partial charge on any atom is -0.700 e. The van der Waals surface area contributed by atoms with Crippen LogP contribution in [0.1, 0.15) is 27.9 Å². The molecule has 0 spiro atoms. The zero-order chi connectivity index (χ0) is 27.7. The number of anilines is 3. The number of pyridine rings is 1. The standard InChI is InChI=1S/C25H26F3N7O2S2.Pa/c1-3-16-17(4-5-20(32-16)30-9-13(2)29)33-24-31-10-15(25(26,27)28)21(34-24)18-8-19-22(39-18)23(36)35(6-7-38-19)14-11-37-12-14;/h4-5,8,10,13-14,29H,2-3,6-7,9,11-12H2,1H3,(H,30,32)(H,31,33,34);/q-2;. The number of halogens is 3. The van der Waals surface area contributed by atoms with Crippen molar-refractivity contribution in [2.24, 2.45) is 0 Å². The van der Waals surface area contributed by atoms with Crippen LogP contribution in [0.25, 0.3) is 16.3 Å². The summed E-state index contributed by atoms with van der Waals surface area (Å²) in [5, 5.41) is 6.03. The Hall–Kier alpha value is -1.85. The van der Waals surface area contributed by atoms with Gasteiger partial charge in [-0.3, -0.25) is 10.8 Å². The van der Waals surface area contributed by atoms with Crippen molar-refractivity contribution in [3.8, 4) is 10.6 Å². The summed E-state index contributed by atoms with van der Waals surface area (Å²) in [7, 11) is 0. The summed E-state index contributed by atoms with van der Waals surface area (Å²) in [5.74, 6) is 0.999. The van der Waals surface area contributed by atoms with Crippen molar-refractivity contribution in [1.29, 1.82) is 0 Å². The van der Waals surface area contributed by atoms with Gasteiger partial charge in [-0.25, -0.2) is 15.0 Å². The molecule has 2 aliphatic rings. The van der Waals surface area contributed by atoms with Gasteiger partial charge in [0, 0.05) is 55.7 Å². The topological polar surface area (TPSA) is 116 Å². The Morgan fingerprint density at radius 2 is 2.08 bits per heavy atom. The molecule has 1 fully saturated rings. The third-order valence-corrected chi connectivity index (χ3v) is 8.50. The second-order valence-electron chi connectivity index (χ2n) is 9.04. The zero-order valence-corrected chi connectivity index (χ0v) is 28.0. The molecule has 2 aliphatic heterocycles. The predicted molar refractivity (Wildman–Crippen MR) is 146 cm³/mol. The minimum atomic E-state index is -4.69. The molecule has 15 heteroatoms. The molecule has 0 aliphatic carbocycles. The fourth-order valence-corrected chi connectivity index (χ4v) is 6.47. The molecule has 5 heterocycles. The summed E-state index contributed by atoms with van der Waals surface area (Å²) < 4.78 is 47.3. The van der Waals surface area contributed by atoms with Crippen LogP contribution < -0.4 is 10.6 Å². The fraction of sp³-hybridized carbons (Fsp3) is 0.400. The maximum Gasteiger partial charge on any atom is 0.420 e. The van der Waals surface area contributed by atoms with Crippen molar-refractivity contribution in [3.05, 3.63) is 53.2 Å². The van der Waals surface area contributed by atoms with Crippen molar-refractivity contribution in [2.75, 3.05) is 42.7 Å². The van der Waals surface area contributed by atoms with Crippen molar-refractivity contribution in [2.45, 2.75) is 36.5 Å². The van der Waals surface area contributed by atoms with Crippen LogP contribution in [0.4, 0.5) is 30.6 Å². The zero-order valence-electron chi connectivity index (χ0n) is 21.5. The van der Waals surface area contributed by atoms with E-state index in [-0.39, 0.29) is 60.8 Å². The molecule has 0 saturated carbocycles. The Morgan fingerprint density at radius 1 is 1.30 bits per heavy atom. The van der Waals surface area contributed by atoms with Gasteiger partial charge in [0.25, 0.3) is 5.91 Å². The van der Waals surface area contributed by atoms with Crippen LogP contribution in [-0.2, 0) is 17.3 Å². The van der Waals surface area contributed by atoms with Gasteiger partial charge in [0.15, 0.2) is 0 Å². The molecule has 1 unspecified atom stereocenters. The molecule has 211 valence electrons. The van der Waals surface area contributed by atoms with Gasteiger partial charge in [-0.2, -0.15) is 13.2 Å². The summed E-state index contributed by atoms with van der Waals surface area (Å²) in [4.78, 5) is 29.1. The van der Waals surface area contributed by atoms with Crippen LogP contribution in [0, 0.1) is 39.2 Å². The third-order valence-electron chi connectivity index (χ3n) is 6.22. The van der Waals surface area contributed by atoms with E-state index in [4.69, 9.17) is 10.5 Å². The normalized spacial score (nSPS) is 16.4. The molecule has 5 rings (SSSR count). The third kappa shape index (κ3) is 6.78. The number of amides is 1. The van der Waals surface area contributed by atoms with Gasteiger partial charge in [0.1, 0.15) is 16.3 Å². The van der Waals surface area contributed by atoms with Gasteiger partial charge < -0.3 is 32.9 Å². The number of aromatic nitrogens is 3. The number of nitrogens with zero attached hydrogens (tertiary/aromatic N) is 4. The number of alkyl halides is 3. The van der Waals surface area contributed by atoms with Crippen LogP contribution in [0.15, 0.2) is 29.3 Å². The van der Waals surface area contributed by atoms with Gasteiger partial charge in [-0.1, -0.05) is 6.92 Å². The molecular formula is C25H26F3N7O2PaS2-2. The molecule has 40 heavy (non-hydrogen) atoms. The second kappa shape index (κ2) is 13.0. The molecule has 0 aromatic carbocycles. The number of aryl methyl sites for hydroxylation is 1. The average Bonchev–Trinajstić information content (AvgIpc) is 3.23. The number of hydrogen-bond acceptors (Lipinski definition) is 9. The Bertz CT molecular complexity index is 1370. The number of nitrogens with one attached hydrogen (secondary N) is 3. The van der Waals surface area contributed by atoms with Crippen LogP contribution in [0.5, 0.6) is 0 Å². The number of rotatable bonds is 8. The molecule has 0 bridgehead atoms. The number of carbonyl (C=O) groups is 1. The number of fused-ring (bicyclic) bond motifs is 1. The molecular weight excluding hydrogens is 782 g/mol. The number of ether oxygens (including phenoxy) is 1. The molecule has 9 nitrogen and oxygen atoms in total. The van der Waals surface area contributed by atoms with E-state index in [0.717, 1.165) is 17.5 Å². The predicted octanol–water partition coefficient (Wildman–Crippen LogP) is 5.54. The van der Waals surface area contributed by atoms with E-state index in [1.807, 2.05) is 6.92 Å².